The summed E-state index contributed by atoms with van der Waals surface area (Å²) in [7, 11) is 3.20. The Kier molecular flexibility index (Phi) is 25.4. The van der Waals surface area contributed by atoms with E-state index in [0.29, 0.717) is 59.1 Å². The minimum Gasteiger partial charge on any atom is -0.497 e. The van der Waals surface area contributed by atoms with Crippen molar-refractivity contribution in [1.29, 1.82) is 0 Å². The van der Waals surface area contributed by atoms with Crippen LogP contribution >= 0.6 is 22.7 Å². The lowest BCUT2D eigenvalue weighted by atomic mass is 9.90. The summed E-state index contributed by atoms with van der Waals surface area (Å²) in [5.41, 5.74) is 0.565. The van der Waals surface area contributed by atoms with E-state index in [0.717, 1.165) is 71.8 Å². The lowest BCUT2D eigenvalue weighted by Gasteiger charge is -2.29. The van der Waals surface area contributed by atoms with Gasteiger partial charge in [0.2, 0.25) is 11.8 Å². The van der Waals surface area contributed by atoms with Crippen molar-refractivity contribution in [3.05, 3.63) is 121 Å². The Balaban J connectivity index is 0.000000201. The number of fused-ring (bicyclic) bond motifs is 6. The van der Waals surface area contributed by atoms with Gasteiger partial charge in [-0.15, -0.1) is 0 Å². The molecule has 10 atom stereocenters. The highest BCUT2D eigenvalue weighted by molar-refractivity contribution is 7.20. The number of thiazole rings is 2. The van der Waals surface area contributed by atoms with Crippen LogP contribution in [0, 0.1) is 34.5 Å². The van der Waals surface area contributed by atoms with E-state index in [-0.39, 0.29) is 92.7 Å². The highest BCUT2D eigenvalue weighted by atomic mass is 32.1. The molecule has 0 radical (unpaired) electrons. The molecule has 4 aromatic carbocycles. The monoisotopic (exact) mass is 1450 g/mol. The number of ketones is 2. The van der Waals surface area contributed by atoms with Gasteiger partial charge >= 0.3 is 17.9 Å². The molecule has 4 aliphatic heterocycles. The van der Waals surface area contributed by atoms with Crippen LogP contribution in [0.5, 0.6) is 33.4 Å². The van der Waals surface area contributed by atoms with Crippen molar-refractivity contribution < 1.29 is 81.6 Å². The molecule has 6 heterocycles. The Morgan fingerprint density at radius 3 is 1.45 bits per heavy atom. The largest absolute Gasteiger partial charge is 0.497 e. The van der Waals surface area contributed by atoms with Gasteiger partial charge in [0.15, 0.2) is 17.3 Å². The molecule has 6 aliphatic rings. The zero-order valence-electron chi connectivity index (χ0n) is 60.0. The van der Waals surface area contributed by atoms with E-state index in [1.54, 1.807) is 84.9 Å². The van der Waals surface area contributed by atoms with Gasteiger partial charge < -0.3 is 53.0 Å². The Labute approximate surface area is 609 Å². The van der Waals surface area contributed by atoms with Gasteiger partial charge in [-0.25, -0.2) is 9.97 Å². The summed E-state index contributed by atoms with van der Waals surface area (Å²) >= 11 is 2.72. The van der Waals surface area contributed by atoms with E-state index in [2.05, 4.69) is 26.4 Å². The lowest BCUT2D eigenvalue weighted by molar-refractivity contribution is -0.159. The second-order valence-corrected chi connectivity index (χ2v) is 31.5. The van der Waals surface area contributed by atoms with E-state index < -0.39 is 76.1 Å². The third kappa shape index (κ3) is 20.5. The molecule has 2 aliphatic carbocycles. The number of allylic oxidation sites excluding steroid dienone is 4. The van der Waals surface area contributed by atoms with Gasteiger partial charge in [0, 0.05) is 37.5 Å². The summed E-state index contributed by atoms with van der Waals surface area (Å²) in [6.45, 7) is 11.1. The number of rotatable bonds is 15. The van der Waals surface area contributed by atoms with Crippen LogP contribution in [-0.2, 0) is 47.8 Å². The predicted molar refractivity (Wildman–Crippen MR) is 388 cm³/mol. The van der Waals surface area contributed by atoms with Crippen LogP contribution in [-0.4, -0.2) is 135 Å². The van der Waals surface area contributed by atoms with Gasteiger partial charge in [0.25, 0.3) is 16.3 Å². The molecule has 23 nitrogen and oxygen atoms in total. The Bertz CT molecular complexity index is 4040. The number of benzene rings is 4. The van der Waals surface area contributed by atoms with Crippen LogP contribution in [0.25, 0.3) is 20.4 Å². The van der Waals surface area contributed by atoms with E-state index in [1.807, 2.05) is 91.0 Å². The molecule has 2 aromatic heterocycles. The number of carbonyl (C=O) groups is 8. The number of nitrogens with two attached hydrogens (primary N) is 1. The minimum absolute atomic E-state index is 0.0647. The summed E-state index contributed by atoms with van der Waals surface area (Å²) in [6, 6.07) is 27.6. The first kappa shape index (κ1) is 76.7. The summed E-state index contributed by atoms with van der Waals surface area (Å²) in [6.07, 6.45) is 15.7. The number of carbonyl (C=O) groups excluding carboxylic acids is 7. The van der Waals surface area contributed by atoms with Crippen molar-refractivity contribution in [2.24, 2.45) is 40.4 Å². The zero-order valence-corrected chi connectivity index (χ0v) is 61.6. The number of methoxy groups -OCH3 is 2. The fourth-order valence-electron chi connectivity index (χ4n) is 14.0. The molecule has 6 aromatic rings. The number of hydrogen-bond acceptors (Lipinski definition) is 21. The summed E-state index contributed by atoms with van der Waals surface area (Å²) in [4.78, 5) is 131. The molecule has 103 heavy (non-hydrogen) atoms. The van der Waals surface area contributed by atoms with Gasteiger partial charge in [-0.05, 0) is 165 Å². The van der Waals surface area contributed by atoms with Crippen molar-refractivity contribution in [3.63, 3.8) is 0 Å². The number of carboxylic acid groups (broad SMARTS) is 1. The maximum absolute atomic E-state index is 14.5. The van der Waals surface area contributed by atoms with Crippen molar-refractivity contribution in [2.45, 2.75) is 193 Å². The van der Waals surface area contributed by atoms with Crippen molar-refractivity contribution in [2.75, 3.05) is 27.3 Å². The number of hydrogen-bond donors (Lipinski definition) is 3. The Morgan fingerprint density at radius 2 is 1.02 bits per heavy atom. The summed E-state index contributed by atoms with van der Waals surface area (Å²) < 4.78 is 36.3. The second-order valence-electron chi connectivity index (χ2n) is 29.5. The van der Waals surface area contributed by atoms with Crippen LogP contribution in [0.15, 0.2) is 121 Å². The highest BCUT2D eigenvalue weighted by Crippen LogP contribution is 2.58. The third-order valence-electron chi connectivity index (χ3n) is 19.5. The van der Waals surface area contributed by atoms with Gasteiger partial charge in [-0.3, -0.25) is 38.4 Å². The maximum atomic E-state index is 14.5. The molecule has 4 N–H and O–H groups in total. The Hall–Kier alpha value is -8.94. The zero-order chi connectivity index (χ0) is 73.6. The molecule has 0 bridgehead atoms. The lowest BCUT2D eigenvalue weighted by Crippen LogP contribution is -2.46. The van der Waals surface area contributed by atoms with Crippen molar-refractivity contribution in [3.8, 4) is 33.4 Å². The molecule has 12 rings (SSSR count). The van der Waals surface area contributed by atoms with Gasteiger partial charge in [-0.1, -0.05) is 109 Å². The number of aliphatic carboxylic acids is 1. The summed E-state index contributed by atoms with van der Waals surface area (Å²) in [5, 5.41) is 11.0. The smallest absolute Gasteiger partial charge is 0.310 e. The number of esters is 2. The highest BCUT2D eigenvalue weighted by Gasteiger charge is 2.62. The molecule has 2 saturated carbocycles. The van der Waals surface area contributed by atoms with E-state index in [4.69, 9.17) is 39.2 Å². The number of nitrogens with zero attached hydrogens (tertiary/aromatic N) is 4. The average Bonchev–Trinajstić information content (AvgIpc) is 1.59. The predicted octanol–water partition coefficient (Wildman–Crippen LogP) is 13.1. The molecule has 2 saturated heterocycles. The topological polar surface area (TPSA) is 301 Å². The molecular weight excluding hydrogens is 1360 g/mol. The normalized spacial score (nSPS) is 26.0. The first-order valence-electron chi connectivity index (χ1n) is 35.6. The first-order valence-corrected chi connectivity index (χ1v) is 37.2. The van der Waals surface area contributed by atoms with Gasteiger partial charge in [0.05, 0.1) is 83.5 Å². The Morgan fingerprint density at radius 1 is 0.583 bits per heavy atom. The fourth-order valence-corrected chi connectivity index (χ4v) is 15.8. The second kappa shape index (κ2) is 34.1. The SMILES string of the molecule is COc1ccc2nc(O[C@@H]3C[C@H]4C(=O)C[C@]5(C(=O)NOc6ccccc6)C[C@H]5/C=C\CCCCC[C@H](CC(=O)OC(C)(C)C)C(=O)N4C3)sc2c1.COc1ccc2nc(O[C@@H]3C[C@H]4C(=O)C[C@]5(C(=O)O)C[C@H]5/C=C\CCCCC[C@H](CC(=O)OC(C)(C)C)C(=O)N4C3)sc2c1.NOc1ccccc1. The molecule has 3 amide bonds. The number of para-hydroxylation sites is 2. The number of amides is 3. The van der Waals surface area contributed by atoms with Crippen LogP contribution in [0.2, 0.25) is 0 Å². The number of aromatic nitrogens is 2. The van der Waals surface area contributed by atoms with Crippen LogP contribution < -0.4 is 40.0 Å². The quantitative estimate of drug-likeness (QED) is 0.0489. The molecule has 0 unspecified atom stereocenters. The van der Waals surface area contributed by atoms with Gasteiger partial charge in [-0.2, -0.15) is 11.4 Å². The van der Waals surface area contributed by atoms with Crippen LogP contribution in [0.4, 0.5) is 0 Å². The minimum atomic E-state index is -1.15. The van der Waals surface area contributed by atoms with Crippen LogP contribution in [0.1, 0.15) is 157 Å². The first-order chi connectivity index (χ1) is 49.2. The maximum Gasteiger partial charge on any atom is 0.310 e. The summed E-state index contributed by atoms with van der Waals surface area (Å²) in [5.74, 6) is 2.44. The van der Waals surface area contributed by atoms with E-state index in [9.17, 15) is 43.5 Å². The molecule has 4 fully saturated rings. The number of carboxylic acids is 1. The fraction of sp³-hybridized carbons (Fsp3) is 0.513. The van der Waals surface area contributed by atoms with Crippen molar-refractivity contribution in [1.82, 2.24) is 25.2 Å². The molecular formula is C78H96N6O17S2. The number of Topliss-reactive ketones (excluding diaryl/α,β-unsaturated/α-hetero) is 2. The van der Waals surface area contributed by atoms with E-state index >= 15 is 0 Å². The van der Waals surface area contributed by atoms with Crippen molar-refractivity contribution >= 4 is 90.3 Å². The van der Waals surface area contributed by atoms with Crippen LogP contribution in [0.3, 0.4) is 0 Å². The molecule has 25 heteroatoms. The standard InChI is InChI=1S/C39H47N3O8S.C33H42N2O8S.C6H7NO/c1-38(2,3)49-34(44)19-25-13-9-6-5-7-10-14-26-22-39(26,36(46)41-50-27-15-11-8-12-16-27)23-32(43)31-20-29(24-42(31)35(25)45)48-37-40-30-18-17-28(47-4)21-33(30)51-37;1-32(2,3)43-28(37)14-20-10-8-6-5-7-9-11-21-17-33(21,30(39)40)18-26(36)25-15-23(19-35(25)29(20)38)42-31-34-24-13-12-22(41-4)16-27(24)44-31;7-8-6-4-2-1-3-5-6/h8,10-12,14-18,21,25-26,29,31H,5-7,9,13,19-20,22-24H2,1-4H3,(H,41,46);9,11-13,16,20-21,23,25H,5-8,10,14-15,17-19H2,1-4H3,(H,39,40);1-5H,7H2/b14-10-;11-9-;/t25-,26-,29-,31+,39-;20-,21-,23-,25+,33-;/m11./s1. The van der Waals surface area contributed by atoms with Gasteiger partial charge in [0.1, 0.15) is 40.7 Å². The van der Waals surface area contributed by atoms with E-state index in [1.165, 1.54) is 27.6 Å². The number of ether oxygens (including phenoxy) is 6. The third-order valence-corrected chi connectivity index (χ3v) is 21.3. The molecule has 552 valence electrons. The number of nitrogens with one attached hydrogen (secondary N) is 1. The average molecular weight is 1450 g/mol. The molecule has 0 spiro atoms. The number of hydroxylamine groups is 1.